The fraction of sp³-hybridized carbons (Fsp3) is 0.154. The molecule has 0 saturated heterocycles. The third kappa shape index (κ3) is 2.23. The molecule has 0 atom stereocenters. The molecule has 18 heavy (non-hydrogen) atoms. The molecular weight excluding hydrogens is 230 g/mol. The molecule has 0 saturated carbocycles. The molecule has 5 nitrogen and oxygen atoms in total. The van der Waals surface area contributed by atoms with Crippen LogP contribution in [-0.2, 0) is 0 Å². The number of Topliss-reactive ketones (excluding diaryl/α,β-unsaturated/α-hetero) is 1. The zero-order valence-electron chi connectivity index (χ0n) is 9.83. The Balaban J connectivity index is 2.46. The lowest BCUT2D eigenvalue weighted by atomic mass is 10.1. The van der Waals surface area contributed by atoms with Crippen molar-refractivity contribution in [3.63, 3.8) is 0 Å². The predicted molar refractivity (Wildman–Crippen MR) is 64.7 cm³/mol. The van der Waals surface area contributed by atoms with Gasteiger partial charge in [-0.05, 0) is 24.3 Å². The quantitative estimate of drug-likeness (QED) is 0.767. The maximum atomic E-state index is 11.8. The first-order valence-electron chi connectivity index (χ1n) is 5.34. The van der Waals surface area contributed by atoms with E-state index in [0.29, 0.717) is 11.3 Å². The summed E-state index contributed by atoms with van der Waals surface area (Å²) in [6.45, 7) is 0. The van der Waals surface area contributed by atoms with Gasteiger partial charge in [-0.1, -0.05) is 0 Å². The Morgan fingerprint density at radius 3 is 3.00 bits per heavy atom. The Bertz CT molecular complexity index is 597. The number of ketones is 1. The zero-order valence-corrected chi connectivity index (χ0v) is 9.83. The molecular formula is C13H11N3O2. The first kappa shape index (κ1) is 11.9. The molecule has 1 aromatic heterocycles. The standard InChI is InChI=1S/C13H11N3O2/c1-18-13-4-3-10(16-8-2-7-15-16)9-11(13)12(17)5-6-14/h2-4,7-9H,5H2,1H3. The molecule has 0 amide bonds. The minimum atomic E-state index is -0.261. The molecule has 0 aliphatic heterocycles. The van der Waals surface area contributed by atoms with Gasteiger partial charge in [0.15, 0.2) is 5.78 Å². The van der Waals surface area contributed by atoms with E-state index < -0.39 is 0 Å². The molecule has 0 N–H and O–H groups in total. The van der Waals surface area contributed by atoms with Crippen LogP contribution in [-0.4, -0.2) is 22.7 Å². The molecule has 1 aromatic carbocycles. The van der Waals surface area contributed by atoms with E-state index >= 15 is 0 Å². The van der Waals surface area contributed by atoms with Crippen LogP contribution in [0.25, 0.3) is 5.69 Å². The minimum Gasteiger partial charge on any atom is -0.496 e. The number of nitriles is 1. The Labute approximate surface area is 104 Å². The second kappa shape index (κ2) is 5.15. The fourth-order valence-corrected chi connectivity index (χ4v) is 1.64. The maximum absolute atomic E-state index is 11.8. The Hall–Kier alpha value is -2.61. The fourth-order valence-electron chi connectivity index (χ4n) is 1.64. The summed E-state index contributed by atoms with van der Waals surface area (Å²) in [6, 6.07) is 8.81. The van der Waals surface area contributed by atoms with Crippen LogP contribution < -0.4 is 4.74 Å². The number of rotatable bonds is 4. The molecule has 0 fully saturated rings. The predicted octanol–water partition coefficient (Wildman–Crippen LogP) is 1.98. The van der Waals surface area contributed by atoms with Crippen molar-refractivity contribution in [1.29, 1.82) is 5.26 Å². The molecule has 0 aliphatic rings. The summed E-state index contributed by atoms with van der Waals surface area (Å²) in [5, 5.41) is 12.7. The minimum absolute atomic E-state index is 0.168. The number of carbonyl (C=O) groups excluding carboxylic acids is 1. The van der Waals surface area contributed by atoms with Crippen molar-refractivity contribution in [1.82, 2.24) is 9.78 Å². The third-order valence-corrected chi connectivity index (χ3v) is 2.49. The summed E-state index contributed by atoms with van der Waals surface area (Å²) < 4.78 is 6.77. The van der Waals surface area contributed by atoms with E-state index in [1.54, 1.807) is 41.3 Å². The van der Waals surface area contributed by atoms with Crippen LogP contribution >= 0.6 is 0 Å². The highest BCUT2D eigenvalue weighted by atomic mass is 16.5. The van der Waals surface area contributed by atoms with Gasteiger partial charge in [0.05, 0.1) is 30.9 Å². The second-order valence-electron chi connectivity index (χ2n) is 3.59. The van der Waals surface area contributed by atoms with E-state index in [1.165, 1.54) is 7.11 Å². The highest BCUT2D eigenvalue weighted by Crippen LogP contribution is 2.23. The van der Waals surface area contributed by atoms with Gasteiger partial charge in [-0.2, -0.15) is 10.4 Å². The first-order chi connectivity index (χ1) is 8.76. The number of benzene rings is 1. The highest BCUT2D eigenvalue weighted by molar-refractivity contribution is 6.00. The topological polar surface area (TPSA) is 67.9 Å². The van der Waals surface area contributed by atoms with E-state index in [9.17, 15) is 4.79 Å². The van der Waals surface area contributed by atoms with Gasteiger partial charge in [-0.15, -0.1) is 0 Å². The summed E-state index contributed by atoms with van der Waals surface area (Å²) >= 11 is 0. The Morgan fingerprint density at radius 1 is 1.56 bits per heavy atom. The lowest BCUT2D eigenvalue weighted by Gasteiger charge is -2.09. The van der Waals surface area contributed by atoms with E-state index in [1.807, 2.05) is 6.07 Å². The lowest BCUT2D eigenvalue weighted by Crippen LogP contribution is -2.04. The number of hydrogen-bond donors (Lipinski definition) is 0. The lowest BCUT2D eigenvalue weighted by molar-refractivity contribution is 0.0995. The number of methoxy groups -OCH3 is 1. The summed E-state index contributed by atoms with van der Waals surface area (Å²) in [5.74, 6) is 0.203. The van der Waals surface area contributed by atoms with Crippen molar-refractivity contribution in [2.24, 2.45) is 0 Å². The molecule has 1 heterocycles. The molecule has 2 aromatic rings. The largest absolute Gasteiger partial charge is 0.496 e. The second-order valence-corrected chi connectivity index (χ2v) is 3.59. The van der Waals surface area contributed by atoms with Crippen molar-refractivity contribution < 1.29 is 9.53 Å². The van der Waals surface area contributed by atoms with E-state index in [4.69, 9.17) is 10.00 Å². The number of ether oxygens (including phenoxy) is 1. The Morgan fingerprint density at radius 2 is 2.39 bits per heavy atom. The summed E-state index contributed by atoms with van der Waals surface area (Å²) in [6.07, 6.45) is 3.26. The number of carbonyl (C=O) groups is 1. The van der Waals surface area contributed by atoms with E-state index in [2.05, 4.69) is 5.10 Å². The van der Waals surface area contributed by atoms with E-state index in [-0.39, 0.29) is 12.2 Å². The SMILES string of the molecule is COc1ccc(-n2cccn2)cc1C(=O)CC#N. The molecule has 0 aliphatic carbocycles. The number of aromatic nitrogens is 2. The van der Waals surface area contributed by atoms with Crippen molar-refractivity contribution in [3.8, 4) is 17.5 Å². The van der Waals surface area contributed by atoms with Crippen LogP contribution in [0.4, 0.5) is 0 Å². The van der Waals surface area contributed by atoms with Crippen molar-refractivity contribution >= 4 is 5.78 Å². The number of nitrogens with zero attached hydrogens (tertiary/aromatic N) is 3. The highest BCUT2D eigenvalue weighted by Gasteiger charge is 2.13. The molecule has 0 radical (unpaired) electrons. The summed E-state index contributed by atoms with van der Waals surface area (Å²) in [4.78, 5) is 11.8. The van der Waals surface area contributed by atoms with Crippen molar-refractivity contribution in [2.45, 2.75) is 6.42 Å². The van der Waals surface area contributed by atoms with Crippen LogP contribution in [0.1, 0.15) is 16.8 Å². The molecule has 90 valence electrons. The first-order valence-corrected chi connectivity index (χ1v) is 5.34. The number of hydrogen-bond acceptors (Lipinski definition) is 4. The van der Waals surface area contributed by atoms with Gasteiger partial charge in [0.1, 0.15) is 5.75 Å². The average Bonchev–Trinajstić information content (AvgIpc) is 2.92. The van der Waals surface area contributed by atoms with E-state index in [0.717, 1.165) is 5.69 Å². The van der Waals surface area contributed by atoms with Crippen molar-refractivity contribution in [2.75, 3.05) is 7.11 Å². The van der Waals surface area contributed by atoms with Gasteiger partial charge >= 0.3 is 0 Å². The van der Waals surface area contributed by atoms with Gasteiger partial charge in [0, 0.05) is 12.4 Å². The Kier molecular flexibility index (Phi) is 3.39. The molecule has 5 heteroatoms. The van der Waals surface area contributed by atoms with Crippen LogP contribution in [0.15, 0.2) is 36.7 Å². The smallest absolute Gasteiger partial charge is 0.180 e. The maximum Gasteiger partial charge on any atom is 0.180 e. The van der Waals surface area contributed by atoms with Gasteiger partial charge in [0.2, 0.25) is 0 Å². The molecule has 0 spiro atoms. The van der Waals surface area contributed by atoms with Crippen LogP contribution in [0, 0.1) is 11.3 Å². The molecule has 2 rings (SSSR count). The average molecular weight is 241 g/mol. The van der Waals surface area contributed by atoms with Gasteiger partial charge in [-0.25, -0.2) is 4.68 Å². The summed E-state index contributed by atoms with van der Waals surface area (Å²) in [5.41, 5.74) is 1.15. The zero-order chi connectivity index (χ0) is 13.0. The van der Waals surface area contributed by atoms with Gasteiger partial charge in [0.25, 0.3) is 0 Å². The normalized spacial score (nSPS) is 9.78. The van der Waals surface area contributed by atoms with Gasteiger partial charge < -0.3 is 4.74 Å². The molecule has 0 unspecified atom stereocenters. The van der Waals surface area contributed by atoms with Crippen LogP contribution in [0.3, 0.4) is 0 Å². The van der Waals surface area contributed by atoms with Crippen molar-refractivity contribution in [3.05, 3.63) is 42.2 Å². The molecule has 0 bridgehead atoms. The van der Waals surface area contributed by atoms with Crippen LogP contribution in [0.2, 0.25) is 0 Å². The summed E-state index contributed by atoms with van der Waals surface area (Å²) in [7, 11) is 1.49. The van der Waals surface area contributed by atoms with Crippen LogP contribution in [0.5, 0.6) is 5.75 Å². The monoisotopic (exact) mass is 241 g/mol. The third-order valence-electron chi connectivity index (χ3n) is 2.49. The van der Waals surface area contributed by atoms with Gasteiger partial charge in [-0.3, -0.25) is 4.79 Å².